The second kappa shape index (κ2) is 6.59. The largest absolute Gasteiger partial charge is 0.342 e. The molecule has 0 bridgehead atoms. The van der Waals surface area contributed by atoms with E-state index in [1.54, 1.807) is 11.1 Å². The number of benzene rings is 1. The molecule has 2 heterocycles. The molecule has 0 aliphatic carbocycles. The number of hydrogen-bond donors (Lipinski definition) is 1. The van der Waals surface area contributed by atoms with Crippen LogP contribution in [0.5, 0.6) is 0 Å². The van der Waals surface area contributed by atoms with Gasteiger partial charge in [0.25, 0.3) is 0 Å². The summed E-state index contributed by atoms with van der Waals surface area (Å²) in [5.74, 6) is 0.621. The van der Waals surface area contributed by atoms with Gasteiger partial charge in [0.05, 0.1) is 5.41 Å². The van der Waals surface area contributed by atoms with Crippen LogP contribution in [0.15, 0.2) is 36.5 Å². The van der Waals surface area contributed by atoms with Crippen LogP contribution >= 0.6 is 0 Å². The van der Waals surface area contributed by atoms with Crippen molar-refractivity contribution >= 4 is 28.4 Å². The number of likely N-dealkylation sites (tertiary alicyclic amines) is 1. The molecule has 126 valence electrons. The van der Waals surface area contributed by atoms with Crippen molar-refractivity contribution in [2.24, 2.45) is 5.41 Å². The Hall–Kier alpha value is -2.43. The number of hydrogen-bond acceptors (Lipinski definition) is 3. The lowest BCUT2D eigenvalue weighted by Crippen LogP contribution is -2.50. The molecule has 1 aromatic carbocycles. The van der Waals surface area contributed by atoms with E-state index < -0.39 is 5.41 Å². The molecule has 2 amide bonds. The van der Waals surface area contributed by atoms with Crippen LogP contribution in [0.1, 0.15) is 33.1 Å². The maximum Gasteiger partial charge on any atom is 0.233 e. The van der Waals surface area contributed by atoms with Gasteiger partial charge in [-0.3, -0.25) is 9.59 Å². The molecule has 1 aliphatic heterocycles. The molecular weight excluding hydrogens is 302 g/mol. The van der Waals surface area contributed by atoms with Crippen molar-refractivity contribution in [2.75, 3.05) is 18.4 Å². The lowest BCUT2D eigenvalue weighted by atomic mass is 9.80. The van der Waals surface area contributed by atoms with Crippen LogP contribution in [0.3, 0.4) is 0 Å². The Bertz CT molecular complexity index is 769. The molecule has 0 saturated carbocycles. The number of nitrogens with one attached hydrogen (secondary N) is 1. The van der Waals surface area contributed by atoms with Crippen LogP contribution in [0.4, 0.5) is 5.82 Å². The molecule has 0 radical (unpaired) electrons. The van der Waals surface area contributed by atoms with Gasteiger partial charge in [-0.1, -0.05) is 31.2 Å². The second-order valence-electron chi connectivity index (χ2n) is 6.67. The van der Waals surface area contributed by atoms with Crippen LogP contribution < -0.4 is 5.32 Å². The highest BCUT2D eigenvalue weighted by Crippen LogP contribution is 2.32. The molecule has 1 aromatic heterocycles. The summed E-state index contributed by atoms with van der Waals surface area (Å²) in [5.41, 5.74) is -0.582. The smallest absolute Gasteiger partial charge is 0.233 e. The Kier molecular flexibility index (Phi) is 4.51. The number of aromatic nitrogens is 1. The van der Waals surface area contributed by atoms with Crippen LogP contribution in [0.25, 0.3) is 10.8 Å². The maximum atomic E-state index is 12.9. The number of piperidine rings is 1. The fourth-order valence-electron chi connectivity index (χ4n) is 3.34. The van der Waals surface area contributed by atoms with Crippen LogP contribution in [-0.4, -0.2) is 34.8 Å². The van der Waals surface area contributed by atoms with E-state index in [0.717, 1.165) is 30.2 Å². The molecule has 1 N–H and O–H groups in total. The van der Waals surface area contributed by atoms with Crippen LogP contribution in [0.2, 0.25) is 0 Å². The number of anilines is 1. The van der Waals surface area contributed by atoms with Gasteiger partial charge in [0.15, 0.2) is 0 Å². The zero-order chi connectivity index (χ0) is 17.2. The normalized spacial score (nSPS) is 20.8. The number of carbonyl (C=O) groups excluding carboxylic acids is 2. The molecule has 1 unspecified atom stereocenters. The highest BCUT2D eigenvalue weighted by atomic mass is 16.2. The standard InChI is InChI=1S/C19H23N3O2/c1-3-16(23)22-12-6-10-19(2,13-22)18(24)21-17-15-8-5-4-7-14(15)9-11-20-17/h4-5,7-9,11H,3,6,10,12-13H2,1-2H3,(H,20,21,24). The van der Waals surface area contributed by atoms with E-state index in [1.807, 2.05) is 44.2 Å². The third kappa shape index (κ3) is 3.11. The monoisotopic (exact) mass is 325 g/mol. The Morgan fingerprint density at radius 2 is 2.08 bits per heavy atom. The molecule has 1 saturated heterocycles. The third-order valence-corrected chi connectivity index (χ3v) is 4.81. The third-order valence-electron chi connectivity index (χ3n) is 4.81. The molecule has 1 atom stereocenters. The SMILES string of the molecule is CCC(=O)N1CCCC(C)(C(=O)Nc2nccc3ccccc23)C1. The van der Waals surface area contributed by atoms with Gasteiger partial charge in [0.2, 0.25) is 11.8 Å². The minimum atomic E-state index is -0.582. The van der Waals surface area contributed by atoms with Crippen molar-refractivity contribution in [3.63, 3.8) is 0 Å². The molecule has 5 heteroatoms. The summed E-state index contributed by atoms with van der Waals surface area (Å²) >= 11 is 0. The molecule has 24 heavy (non-hydrogen) atoms. The zero-order valence-electron chi connectivity index (χ0n) is 14.2. The lowest BCUT2D eigenvalue weighted by molar-refractivity contribution is -0.138. The number of carbonyl (C=O) groups is 2. The molecule has 3 rings (SSSR count). The van der Waals surface area contributed by atoms with E-state index in [9.17, 15) is 9.59 Å². The van der Waals surface area contributed by atoms with Crippen LogP contribution in [0, 0.1) is 5.41 Å². The fourth-order valence-corrected chi connectivity index (χ4v) is 3.34. The summed E-state index contributed by atoms with van der Waals surface area (Å²) < 4.78 is 0. The van der Waals surface area contributed by atoms with Crippen molar-refractivity contribution in [3.8, 4) is 0 Å². The minimum Gasteiger partial charge on any atom is -0.342 e. The molecule has 1 fully saturated rings. The van der Waals surface area contributed by atoms with Gasteiger partial charge >= 0.3 is 0 Å². The van der Waals surface area contributed by atoms with Crippen molar-refractivity contribution in [1.29, 1.82) is 0 Å². The van der Waals surface area contributed by atoms with E-state index in [-0.39, 0.29) is 11.8 Å². The van der Waals surface area contributed by atoms with Gasteiger partial charge in [-0.25, -0.2) is 4.98 Å². The van der Waals surface area contributed by atoms with Gasteiger partial charge in [-0.15, -0.1) is 0 Å². The summed E-state index contributed by atoms with van der Waals surface area (Å²) in [7, 11) is 0. The first kappa shape index (κ1) is 16.4. The number of rotatable bonds is 3. The van der Waals surface area contributed by atoms with E-state index in [1.165, 1.54) is 0 Å². The lowest BCUT2D eigenvalue weighted by Gasteiger charge is -2.39. The average molecular weight is 325 g/mol. The summed E-state index contributed by atoms with van der Waals surface area (Å²) in [6.07, 6.45) is 3.80. The number of nitrogens with zero attached hydrogens (tertiary/aromatic N) is 2. The van der Waals surface area contributed by atoms with Gasteiger partial charge in [0, 0.05) is 31.1 Å². The maximum absolute atomic E-state index is 12.9. The van der Waals surface area contributed by atoms with Crippen LogP contribution in [-0.2, 0) is 9.59 Å². The minimum absolute atomic E-state index is 0.0695. The summed E-state index contributed by atoms with van der Waals surface area (Å²) in [4.78, 5) is 31.0. The van der Waals surface area contributed by atoms with Gasteiger partial charge in [0.1, 0.15) is 5.82 Å². The molecular formula is C19H23N3O2. The highest BCUT2D eigenvalue weighted by molar-refractivity contribution is 6.02. The topological polar surface area (TPSA) is 62.3 Å². The molecule has 2 aromatic rings. The van der Waals surface area contributed by atoms with E-state index in [0.29, 0.717) is 18.8 Å². The van der Waals surface area contributed by atoms with E-state index in [4.69, 9.17) is 0 Å². The van der Waals surface area contributed by atoms with Gasteiger partial charge in [-0.2, -0.15) is 0 Å². The summed E-state index contributed by atoms with van der Waals surface area (Å²) in [5, 5.41) is 4.95. The van der Waals surface area contributed by atoms with Crippen molar-refractivity contribution in [2.45, 2.75) is 33.1 Å². The van der Waals surface area contributed by atoms with Crippen molar-refractivity contribution < 1.29 is 9.59 Å². The Balaban J connectivity index is 1.81. The predicted octanol–water partition coefficient (Wildman–Crippen LogP) is 3.21. The quantitative estimate of drug-likeness (QED) is 0.942. The first-order valence-corrected chi connectivity index (χ1v) is 8.46. The van der Waals surface area contributed by atoms with Gasteiger partial charge in [-0.05, 0) is 31.2 Å². The highest BCUT2D eigenvalue weighted by Gasteiger charge is 2.39. The van der Waals surface area contributed by atoms with E-state index >= 15 is 0 Å². The molecule has 0 spiro atoms. The number of fused-ring (bicyclic) bond motifs is 1. The van der Waals surface area contributed by atoms with Crippen molar-refractivity contribution in [1.82, 2.24) is 9.88 Å². The number of amides is 2. The number of pyridine rings is 1. The zero-order valence-corrected chi connectivity index (χ0v) is 14.2. The van der Waals surface area contributed by atoms with Crippen molar-refractivity contribution in [3.05, 3.63) is 36.5 Å². The molecule has 5 nitrogen and oxygen atoms in total. The average Bonchev–Trinajstić information content (AvgIpc) is 2.61. The summed E-state index contributed by atoms with van der Waals surface area (Å²) in [6.45, 7) is 5.00. The second-order valence-corrected chi connectivity index (χ2v) is 6.67. The summed E-state index contributed by atoms with van der Waals surface area (Å²) in [6, 6.07) is 9.77. The Morgan fingerprint density at radius 3 is 2.88 bits per heavy atom. The first-order valence-electron chi connectivity index (χ1n) is 8.46. The predicted molar refractivity (Wildman–Crippen MR) is 94.6 cm³/mol. The van der Waals surface area contributed by atoms with E-state index in [2.05, 4.69) is 10.3 Å². The Labute approximate surface area is 142 Å². The first-order chi connectivity index (χ1) is 11.5. The van der Waals surface area contributed by atoms with Gasteiger partial charge < -0.3 is 10.2 Å². The molecule has 1 aliphatic rings. The fraction of sp³-hybridized carbons (Fsp3) is 0.421. The Morgan fingerprint density at radius 1 is 1.29 bits per heavy atom.